The largest absolute Gasteiger partial charge is 0.334 e. The molecule has 0 spiro atoms. The highest BCUT2D eigenvalue weighted by Gasteiger charge is 2.18. The number of para-hydroxylation sites is 1. The molecule has 0 aliphatic rings. The minimum absolute atomic E-state index is 0.0386. The molecule has 9 heteroatoms. The highest BCUT2D eigenvalue weighted by atomic mass is 32.2. The lowest BCUT2D eigenvalue weighted by atomic mass is 10.3. The number of thioether (sulfide) groups is 1. The van der Waals surface area contributed by atoms with Crippen molar-refractivity contribution >= 4 is 35.0 Å². The molecule has 0 unspecified atom stereocenters. The first-order chi connectivity index (χ1) is 13.2. The number of carbonyl (C=O) groups is 2. The third-order valence-corrected chi connectivity index (χ3v) is 5.18. The highest BCUT2D eigenvalue weighted by molar-refractivity contribution is 7.99. The number of nitrogens with one attached hydrogen (secondary N) is 2. The number of amides is 3. The van der Waals surface area contributed by atoms with Crippen LogP contribution in [0, 0.1) is 0 Å². The maximum atomic E-state index is 12.0. The summed E-state index contributed by atoms with van der Waals surface area (Å²) in [7, 11) is 0. The molecule has 0 bridgehead atoms. The predicted molar refractivity (Wildman–Crippen MR) is 107 cm³/mol. The van der Waals surface area contributed by atoms with Crippen molar-refractivity contribution in [2.24, 2.45) is 0 Å². The Morgan fingerprint density at radius 3 is 2.70 bits per heavy atom. The van der Waals surface area contributed by atoms with Crippen LogP contribution in [0.2, 0.25) is 0 Å². The summed E-state index contributed by atoms with van der Waals surface area (Å²) >= 11 is 2.78. The number of nitrogens with zero attached hydrogens (tertiary/aromatic N) is 3. The van der Waals surface area contributed by atoms with Crippen LogP contribution < -0.4 is 10.6 Å². The van der Waals surface area contributed by atoms with E-state index in [0.29, 0.717) is 17.5 Å². The Kier molecular flexibility index (Phi) is 6.39. The van der Waals surface area contributed by atoms with Gasteiger partial charge in [0.05, 0.1) is 10.6 Å². The van der Waals surface area contributed by atoms with Crippen molar-refractivity contribution in [3.8, 4) is 16.4 Å². The molecule has 27 heavy (non-hydrogen) atoms. The van der Waals surface area contributed by atoms with Crippen LogP contribution >= 0.6 is 23.1 Å². The molecule has 138 valence electrons. The van der Waals surface area contributed by atoms with Gasteiger partial charge < -0.3 is 5.32 Å². The van der Waals surface area contributed by atoms with E-state index in [-0.39, 0.29) is 5.75 Å². The number of rotatable bonds is 7. The van der Waals surface area contributed by atoms with Gasteiger partial charge in [0.15, 0.2) is 11.0 Å². The minimum atomic E-state index is -0.552. The Hall–Kier alpha value is -2.91. The number of hydrogen-bond acceptors (Lipinski definition) is 6. The van der Waals surface area contributed by atoms with E-state index in [9.17, 15) is 9.59 Å². The molecule has 0 saturated heterocycles. The maximum Gasteiger partial charge on any atom is 0.321 e. The van der Waals surface area contributed by atoms with Crippen LogP contribution in [-0.2, 0) is 4.79 Å². The first-order valence-corrected chi connectivity index (χ1v) is 9.91. The fraction of sp³-hybridized carbons (Fsp3) is 0.111. The summed E-state index contributed by atoms with van der Waals surface area (Å²) in [6, 6.07) is 13.1. The van der Waals surface area contributed by atoms with Crippen LogP contribution in [0.15, 0.2) is 65.7 Å². The molecule has 0 saturated carbocycles. The first-order valence-electron chi connectivity index (χ1n) is 8.05. The number of carbonyl (C=O) groups excluding carboxylic acids is 2. The van der Waals surface area contributed by atoms with Crippen molar-refractivity contribution in [1.29, 1.82) is 0 Å². The van der Waals surface area contributed by atoms with Gasteiger partial charge in [-0.05, 0) is 23.6 Å². The van der Waals surface area contributed by atoms with Crippen LogP contribution in [-0.4, -0.2) is 39.0 Å². The van der Waals surface area contributed by atoms with Gasteiger partial charge in [0, 0.05) is 12.2 Å². The standard InChI is InChI=1S/C18H17N5O2S2/c1-2-10-19-17(25)20-15(24)12-27-18-22-21-16(14-9-6-11-26-14)23(18)13-7-4-3-5-8-13/h2-9,11H,1,10,12H2,(H2,19,20,24,25). The number of aromatic nitrogens is 3. The number of benzene rings is 1. The predicted octanol–water partition coefficient (Wildman–Crippen LogP) is 3.10. The molecule has 3 amide bonds. The molecule has 3 rings (SSSR count). The summed E-state index contributed by atoms with van der Waals surface area (Å²) in [6.07, 6.45) is 1.53. The molecule has 0 aliphatic heterocycles. The van der Waals surface area contributed by atoms with Gasteiger partial charge in [-0.3, -0.25) is 14.7 Å². The quantitative estimate of drug-likeness (QED) is 0.471. The van der Waals surface area contributed by atoms with Crippen molar-refractivity contribution in [3.05, 3.63) is 60.5 Å². The second-order valence-corrected chi connectivity index (χ2v) is 7.18. The summed E-state index contributed by atoms with van der Waals surface area (Å²) in [5, 5.41) is 15.8. The van der Waals surface area contributed by atoms with Crippen molar-refractivity contribution in [3.63, 3.8) is 0 Å². The van der Waals surface area contributed by atoms with E-state index in [1.54, 1.807) is 11.3 Å². The summed E-state index contributed by atoms with van der Waals surface area (Å²) < 4.78 is 1.90. The molecule has 0 radical (unpaired) electrons. The second kappa shape index (κ2) is 9.15. The van der Waals surface area contributed by atoms with Gasteiger partial charge in [-0.2, -0.15) is 0 Å². The lowest BCUT2D eigenvalue weighted by Crippen LogP contribution is -2.40. The van der Waals surface area contributed by atoms with Gasteiger partial charge in [0.25, 0.3) is 0 Å². The third-order valence-electron chi connectivity index (χ3n) is 3.38. The molecule has 0 fully saturated rings. The fourth-order valence-electron chi connectivity index (χ4n) is 2.24. The molecule has 7 nitrogen and oxygen atoms in total. The summed E-state index contributed by atoms with van der Waals surface area (Å²) in [5.41, 5.74) is 0.900. The van der Waals surface area contributed by atoms with Gasteiger partial charge in [0.2, 0.25) is 5.91 Å². The van der Waals surface area contributed by atoms with Crippen molar-refractivity contribution in [2.45, 2.75) is 5.16 Å². The number of hydrogen-bond donors (Lipinski definition) is 2. The molecule has 0 atom stereocenters. The van der Waals surface area contributed by atoms with E-state index >= 15 is 0 Å². The van der Waals surface area contributed by atoms with Gasteiger partial charge in [0.1, 0.15) is 0 Å². The molecule has 2 heterocycles. The maximum absolute atomic E-state index is 12.0. The molecule has 1 aromatic carbocycles. The van der Waals surface area contributed by atoms with Crippen LogP contribution in [0.5, 0.6) is 0 Å². The lowest BCUT2D eigenvalue weighted by Gasteiger charge is -2.09. The molecule has 2 aromatic heterocycles. The van der Waals surface area contributed by atoms with Crippen LogP contribution in [0.1, 0.15) is 0 Å². The smallest absolute Gasteiger partial charge is 0.321 e. The number of urea groups is 1. The summed E-state index contributed by atoms with van der Waals surface area (Å²) in [6.45, 7) is 3.79. The molecule has 3 aromatic rings. The Labute approximate surface area is 164 Å². The van der Waals surface area contributed by atoms with Crippen molar-refractivity contribution in [1.82, 2.24) is 25.4 Å². The zero-order chi connectivity index (χ0) is 19.1. The van der Waals surface area contributed by atoms with E-state index in [1.807, 2.05) is 52.4 Å². The van der Waals surface area contributed by atoms with E-state index in [1.165, 1.54) is 17.8 Å². The SMILES string of the molecule is C=CCNC(=O)NC(=O)CSc1nnc(-c2cccs2)n1-c1ccccc1. The third kappa shape index (κ3) is 4.83. The van der Waals surface area contributed by atoms with Crippen LogP contribution in [0.4, 0.5) is 4.79 Å². The lowest BCUT2D eigenvalue weighted by molar-refractivity contribution is -0.117. The van der Waals surface area contributed by atoms with E-state index < -0.39 is 11.9 Å². The topological polar surface area (TPSA) is 88.9 Å². The van der Waals surface area contributed by atoms with E-state index in [4.69, 9.17) is 0 Å². The van der Waals surface area contributed by atoms with Gasteiger partial charge in [-0.1, -0.05) is 42.1 Å². The number of thiophene rings is 1. The van der Waals surface area contributed by atoms with Crippen LogP contribution in [0.3, 0.4) is 0 Å². The zero-order valence-electron chi connectivity index (χ0n) is 14.3. The minimum Gasteiger partial charge on any atom is -0.334 e. The Balaban J connectivity index is 1.77. The average molecular weight is 400 g/mol. The molecular formula is C18H17N5O2S2. The van der Waals surface area contributed by atoms with Crippen molar-refractivity contribution < 1.29 is 9.59 Å². The zero-order valence-corrected chi connectivity index (χ0v) is 15.9. The molecular weight excluding hydrogens is 382 g/mol. The first kappa shape index (κ1) is 18.9. The normalized spacial score (nSPS) is 10.4. The monoisotopic (exact) mass is 399 g/mol. The summed E-state index contributed by atoms with van der Waals surface area (Å²) in [5.74, 6) is 0.335. The van der Waals surface area contributed by atoms with Crippen LogP contribution in [0.25, 0.3) is 16.4 Å². The van der Waals surface area contributed by atoms with Gasteiger partial charge >= 0.3 is 6.03 Å². The Morgan fingerprint density at radius 2 is 2.00 bits per heavy atom. The van der Waals surface area contributed by atoms with E-state index in [2.05, 4.69) is 27.4 Å². The van der Waals surface area contributed by atoms with E-state index in [0.717, 1.165) is 10.6 Å². The Bertz CT molecular complexity index is 923. The van der Waals surface area contributed by atoms with Gasteiger partial charge in [-0.15, -0.1) is 28.1 Å². The average Bonchev–Trinajstić information content (AvgIpc) is 3.34. The van der Waals surface area contributed by atoms with Crippen molar-refractivity contribution in [2.75, 3.05) is 12.3 Å². The fourth-order valence-corrected chi connectivity index (χ4v) is 3.69. The molecule has 0 aliphatic carbocycles. The number of imide groups is 1. The summed E-state index contributed by atoms with van der Waals surface area (Å²) in [4.78, 5) is 24.5. The molecule has 2 N–H and O–H groups in total. The second-order valence-electron chi connectivity index (χ2n) is 5.29. The highest BCUT2D eigenvalue weighted by Crippen LogP contribution is 2.30. The Morgan fingerprint density at radius 1 is 1.19 bits per heavy atom. The van der Waals surface area contributed by atoms with Gasteiger partial charge in [-0.25, -0.2) is 4.79 Å².